The van der Waals surface area contributed by atoms with Gasteiger partial charge in [-0.1, -0.05) is 33.1 Å². The summed E-state index contributed by atoms with van der Waals surface area (Å²) < 4.78 is 0. The molecule has 0 radical (unpaired) electrons. The number of piperidine rings is 1. The molecule has 0 aromatic carbocycles. The summed E-state index contributed by atoms with van der Waals surface area (Å²) in [4.78, 5) is 12.4. The number of rotatable bonds is 8. The molecule has 21 heavy (non-hydrogen) atoms. The van der Waals surface area contributed by atoms with E-state index >= 15 is 0 Å². The fourth-order valence-electron chi connectivity index (χ4n) is 3.78. The highest BCUT2D eigenvalue weighted by Gasteiger charge is 2.29. The molecule has 1 saturated carbocycles. The van der Waals surface area contributed by atoms with Gasteiger partial charge in [0.25, 0.3) is 0 Å². The number of carbonyl (C=O) groups excluding carboxylic acids is 1. The number of carbonyl (C=O) groups is 1. The van der Waals surface area contributed by atoms with Crippen LogP contribution in [0.2, 0.25) is 0 Å². The van der Waals surface area contributed by atoms with Crippen LogP contribution in [0.4, 0.5) is 0 Å². The van der Waals surface area contributed by atoms with Crippen molar-refractivity contribution in [2.24, 2.45) is 17.8 Å². The molecule has 0 aromatic heterocycles. The third-order valence-electron chi connectivity index (χ3n) is 5.58. The van der Waals surface area contributed by atoms with E-state index < -0.39 is 0 Å². The van der Waals surface area contributed by atoms with Gasteiger partial charge in [0.2, 0.25) is 5.91 Å². The Morgan fingerprint density at radius 1 is 1.24 bits per heavy atom. The molecule has 2 N–H and O–H groups in total. The van der Waals surface area contributed by atoms with E-state index in [0.29, 0.717) is 30.2 Å². The minimum Gasteiger partial charge on any atom is -0.353 e. The maximum absolute atomic E-state index is 12.4. The summed E-state index contributed by atoms with van der Waals surface area (Å²) >= 11 is 0. The Kier molecular flexibility index (Phi) is 7.01. The first kappa shape index (κ1) is 16.8. The van der Waals surface area contributed by atoms with Crippen molar-refractivity contribution in [3.8, 4) is 0 Å². The van der Waals surface area contributed by atoms with Crippen molar-refractivity contribution >= 4 is 5.91 Å². The molecular formula is C18H34N2O. The first-order chi connectivity index (χ1) is 10.2. The van der Waals surface area contributed by atoms with Gasteiger partial charge in [0.15, 0.2) is 0 Å². The van der Waals surface area contributed by atoms with E-state index in [4.69, 9.17) is 0 Å². The van der Waals surface area contributed by atoms with Crippen molar-refractivity contribution in [3.63, 3.8) is 0 Å². The number of unbranched alkanes of at least 4 members (excludes halogenated alkanes) is 1. The van der Waals surface area contributed by atoms with Gasteiger partial charge in [0.05, 0.1) is 0 Å². The molecular weight excluding hydrogens is 260 g/mol. The molecule has 3 nitrogen and oxygen atoms in total. The highest BCUT2D eigenvalue weighted by atomic mass is 16.1. The van der Waals surface area contributed by atoms with E-state index in [0.717, 1.165) is 19.0 Å². The standard InChI is InChI=1S/C18H34N2O/c1-3-4-10-17(15-7-5-8-15)20-18(21)12-14(2)16-9-6-11-19-13-16/h14-17,19H,3-13H2,1-2H3,(H,20,21). The normalized spacial score (nSPS) is 25.9. The van der Waals surface area contributed by atoms with Gasteiger partial charge in [-0.15, -0.1) is 0 Å². The van der Waals surface area contributed by atoms with E-state index in [2.05, 4.69) is 24.5 Å². The van der Waals surface area contributed by atoms with Crippen molar-refractivity contribution in [1.29, 1.82) is 0 Å². The lowest BCUT2D eigenvalue weighted by Crippen LogP contribution is -2.44. The molecule has 3 heteroatoms. The summed E-state index contributed by atoms with van der Waals surface area (Å²) in [6.45, 7) is 6.73. The SMILES string of the molecule is CCCCC(NC(=O)CC(C)C1CCCNC1)C1CCC1. The van der Waals surface area contributed by atoms with Gasteiger partial charge in [-0.2, -0.15) is 0 Å². The molecule has 1 saturated heterocycles. The molecule has 2 fully saturated rings. The Balaban J connectivity index is 1.74. The molecule has 2 aliphatic rings. The van der Waals surface area contributed by atoms with Crippen LogP contribution in [-0.4, -0.2) is 25.0 Å². The van der Waals surface area contributed by atoms with Crippen LogP contribution >= 0.6 is 0 Å². The van der Waals surface area contributed by atoms with Crippen LogP contribution in [0.1, 0.15) is 71.6 Å². The van der Waals surface area contributed by atoms with Crippen molar-refractivity contribution < 1.29 is 4.79 Å². The molecule has 122 valence electrons. The zero-order valence-corrected chi connectivity index (χ0v) is 14.0. The molecule has 3 atom stereocenters. The molecule has 0 spiro atoms. The molecule has 1 heterocycles. The lowest BCUT2D eigenvalue weighted by molar-refractivity contribution is -0.123. The average Bonchev–Trinajstić information content (AvgIpc) is 2.43. The highest BCUT2D eigenvalue weighted by molar-refractivity contribution is 5.76. The van der Waals surface area contributed by atoms with Crippen LogP contribution in [0.25, 0.3) is 0 Å². The van der Waals surface area contributed by atoms with Crippen LogP contribution < -0.4 is 10.6 Å². The fourth-order valence-corrected chi connectivity index (χ4v) is 3.78. The van der Waals surface area contributed by atoms with Crippen molar-refractivity contribution in [2.45, 2.75) is 77.7 Å². The maximum Gasteiger partial charge on any atom is 0.220 e. The van der Waals surface area contributed by atoms with Crippen LogP contribution in [0.15, 0.2) is 0 Å². The topological polar surface area (TPSA) is 41.1 Å². The summed E-state index contributed by atoms with van der Waals surface area (Å²) in [7, 11) is 0. The predicted molar refractivity (Wildman–Crippen MR) is 88.2 cm³/mol. The van der Waals surface area contributed by atoms with E-state index in [1.54, 1.807) is 0 Å². The zero-order valence-electron chi connectivity index (χ0n) is 14.0. The second-order valence-electron chi connectivity index (χ2n) is 7.30. The predicted octanol–water partition coefficient (Wildman–Crippen LogP) is 3.49. The minimum atomic E-state index is 0.293. The highest BCUT2D eigenvalue weighted by Crippen LogP contribution is 2.32. The Morgan fingerprint density at radius 2 is 2.00 bits per heavy atom. The van der Waals surface area contributed by atoms with Crippen molar-refractivity contribution in [2.75, 3.05) is 13.1 Å². The molecule has 1 amide bonds. The van der Waals surface area contributed by atoms with E-state index in [1.807, 2.05) is 0 Å². The fraction of sp³-hybridized carbons (Fsp3) is 0.944. The molecule has 1 aliphatic heterocycles. The quantitative estimate of drug-likeness (QED) is 0.719. The van der Waals surface area contributed by atoms with Gasteiger partial charge in [0, 0.05) is 12.5 Å². The first-order valence-electron chi connectivity index (χ1n) is 9.20. The molecule has 1 aliphatic carbocycles. The van der Waals surface area contributed by atoms with E-state index in [1.165, 1.54) is 51.4 Å². The van der Waals surface area contributed by atoms with Crippen LogP contribution in [0.5, 0.6) is 0 Å². The smallest absolute Gasteiger partial charge is 0.220 e. The summed E-state index contributed by atoms with van der Waals surface area (Å²) in [6.07, 6.45) is 10.9. The maximum atomic E-state index is 12.4. The average molecular weight is 294 g/mol. The van der Waals surface area contributed by atoms with Crippen molar-refractivity contribution in [1.82, 2.24) is 10.6 Å². The molecule has 0 bridgehead atoms. The van der Waals surface area contributed by atoms with Gasteiger partial charge in [0.1, 0.15) is 0 Å². The Hall–Kier alpha value is -0.570. The van der Waals surface area contributed by atoms with Crippen molar-refractivity contribution in [3.05, 3.63) is 0 Å². The lowest BCUT2D eigenvalue weighted by atomic mass is 9.77. The van der Waals surface area contributed by atoms with E-state index in [-0.39, 0.29) is 0 Å². The first-order valence-corrected chi connectivity index (χ1v) is 9.20. The Bertz CT molecular complexity index is 308. The van der Waals surface area contributed by atoms with Gasteiger partial charge < -0.3 is 10.6 Å². The van der Waals surface area contributed by atoms with Gasteiger partial charge in [-0.25, -0.2) is 0 Å². The molecule has 0 aromatic rings. The Labute approximate surface area is 130 Å². The summed E-state index contributed by atoms with van der Waals surface area (Å²) in [5.74, 6) is 2.24. The third-order valence-corrected chi connectivity index (χ3v) is 5.58. The number of hydrogen-bond acceptors (Lipinski definition) is 2. The minimum absolute atomic E-state index is 0.293. The number of amides is 1. The van der Waals surface area contributed by atoms with Crippen LogP contribution in [-0.2, 0) is 4.79 Å². The monoisotopic (exact) mass is 294 g/mol. The zero-order chi connectivity index (χ0) is 15.1. The largest absolute Gasteiger partial charge is 0.353 e. The number of hydrogen-bond donors (Lipinski definition) is 2. The Morgan fingerprint density at radius 3 is 2.57 bits per heavy atom. The molecule has 3 unspecified atom stereocenters. The second-order valence-corrected chi connectivity index (χ2v) is 7.30. The van der Waals surface area contributed by atoms with Gasteiger partial charge in [-0.05, 0) is 62.9 Å². The van der Waals surface area contributed by atoms with E-state index in [9.17, 15) is 4.79 Å². The summed E-state index contributed by atoms with van der Waals surface area (Å²) in [5, 5.41) is 6.83. The molecule has 2 rings (SSSR count). The van der Waals surface area contributed by atoms with Crippen LogP contribution in [0.3, 0.4) is 0 Å². The second kappa shape index (κ2) is 8.77. The van der Waals surface area contributed by atoms with Gasteiger partial charge in [-0.3, -0.25) is 4.79 Å². The van der Waals surface area contributed by atoms with Crippen LogP contribution in [0, 0.1) is 17.8 Å². The summed E-state index contributed by atoms with van der Waals surface area (Å²) in [5.41, 5.74) is 0. The third kappa shape index (κ3) is 5.28. The lowest BCUT2D eigenvalue weighted by Gasteiger charge is -2.35. The number of nitrogens with one attached hydrogen (secondary N) is 2. The van der Waals surface area contributed by atoms with Gasteiger partial charge >= 0.3 is 0 Å². The summed E-state index contributed by atoms with van der Waals surface area (Å²) in [6, 6.07) is 0.447.